The first-order valence-electron chi connectivity index (χ1n) is 30.9. The van der Waals surface area contributed by atoms with E-state index in [0.29, 0.717) is 17.8 Å². The largest absolute Gasteiger partial charge is 0.481 e. The molecule has 540 valence electrons. The number of halogens is 1. The number of unbranched alkanes of at least 4 members (excludes halogenated alkanes) is 3. The number of urea groups is 3. The minimum atomic E-state index is -2.14. The molecule has 0 saturated heterocycles. The van der Waals surface area contributed by atoms with Gasteiger partial charge in [0.15, 0.2) is 6.29 Å². The molecular weight excluding hydrogens is 1300 g/mol. The summed E-state index contributed by atoms with van der Waals surface area (Å²) < 4.78 is 14.3. The van der Waals surface area contributed by atoms with E-state index in [4.69, 9.17) is 15.3 Å². The Balaban J connectivity index is 2.38. The van der Waals surface area contributed by atoms with Crippen LogP contribution in [0.3, 0.4) is 0 Å². The normalized spacial score (nSPS) is 13.4. The van der Waals surface area contributed by atoms with E-state index < -0.39 is 183 Å². The van der Waals surface area contributed by atoms with Crippen molar-refractivity contribution in [3.8, 4) is 5.69 Å². The Kier molecular flexibility index (Phi) is 37.8. The van der Waals surface area contributed by atoms with Crippen molar-refractivity contribution in [2.45, 2.75) is 196 Å². The molecule has 1 aromatic heterocycles. The van der Waals surface area contributed by atoms with Gasteiger partial charge in [-0.05, 0) is 133 Å². The summed E-state index contributed by atoms with van der Waals surface area (Å²) in [6.07, 6.45) is -4.98. The summed E-state index contributed by atoms with van der Waals surface area (Å²) in [5.41, 5.74) is -0.571. The lowest BCUT2D eigenvalue weighted by Gasteiger charge is -2.35. The van der Waals surface area contributed by atoms with E-state index in [0.717, 1.165) is 0 Å². The summed E-state index contributed by atoms with van der Waals surface area (Å²) in [4.78, 5) is 184. The number of hydrogen-bond acceptors (Lipinski definition) is 19. The fourth-order valence-corrected chi connectivity index (χ4v) is 9.34. The van der Waals surface area contributed by atoms with Gasteiger partial charge in [0.25, 0.3) is 5.91 Å². The number of carbonyl (C=O) groups excluding carboxylic acids is 7. The minimum absolute atomic E-state index is 0.0400. The number of nitrogens with one attached hydrogen (secondary N) is 10. The number of aliphatic hydroxyl groups excluding tert-OH is 1. The van der Waals surface area contributed by atoms with Gasteiger partial charge >= 0.3 is 65.8 Å². The number of carboxylic acids is 8. The van der Waals surface area contributed by atoms with E-state index in [-0.39, 0.29) is 128 Å². The summed E-state index contributed by atoms with van der Waals surface area (Å²) in [6, 6.07) is -6.97. The SMILES string of the molecule is O=C(O)CCC(NC(=O)NC(CCCCNC(=O)CCC(CCC(=O)NCCCC[C@H](NC(=O)N[C@@H](CCC(=O)O)C(=O)O)C(=O)O)(CCC(=O)NCCCC[C@H](NC(=O)N[C@@H](CCC(=O)O)C(=O)O)C(O)O)NC(=O)c1ccc(-n2cc(CCCF)nn2)cc1)C(=O)O)C(=O)O. The molecule has 1 aromatic carbocycles. The fraction of sp³-hybridized carbons (Fsp3) is 0.603. The number of carboxylic acid groups (broad SMARTS) is 8. The third-order valence-corrected chi connectivity index (χ3v) is 14.8. The van der Waals surface area contributed by atoms with Gasteiger partial charge in [-0.3, -0.25) is 38.0 Å². The maximum absolute atomic E-state index is 14.4. The van der Waals surface area contributed by atoms with Gasteiger partial charge < -0.3 is 104 Å². The Morgan fingerprint density at radius 1 is 0.443 bits per heavy atom. The second kappa shape index (κ2) is 44.3. The molecule has 97 heavy (non-hydrogen) atoms. The van der Waals surface area contributed by atoms with Crippen LogP contribution in [0.25, 0.3) is 5.69 Å². The van der Waals surface area contributed by atoms with Crippen LogP contribution in [0, 0.1) is 0 Å². The molecule has 2 aromatic rings. The van der Waals surface area contributed by atoms with Crippen LogP contribution in [0.15, 0.2) is 30.5 Å². The number of amides is 10. The fourth-order valence-electron chi connectivity index (χ4n) is 9.34. The molecular formula is C58H86FN13O25. The van der Waals surface area contributed by atoms with Crippen molar-refractivity contribution >= 4 is 89.5 Å². The van der Waals surface area contributed by atoms with Crippen molar-refractivity contribution in [2.24, 2.45) is 0 Å². The molecule has 39 heteroatoms. The topological polar surface area (TPSA) is 609 Å². The highest BCUT2D eigenvalue weighted by molar-refractivity contribution is 5.95. The van der Waals surface area contributed by atoms with Gasteiger partial charge in [0.05, 0.1) is 30.3 Å². The van der Waals surface area contributed by atoms with E-state index in [9.17, 15) is 112 Å². The maximum atomic E-state index is 14.4. The quantitative estimate of drug-likeness (QED) is 0.0287. The van der Waals surface area contributed by atoms with Gasteiger partial charge in [0.2, 0.25) is 17.7 Å². The van der Waals surface area contributed by atoms with Crippen molar-refractivity contribution in [3.63, 3.8) is 0 Å². The van der Waals surface area contributed by atoms with Crippen molar-refractivity contribution in [2.75, 3.05) is 26.3 Å². The summed E-state index contributed by atoms with van der Waals surface area (Å²) in [6.45, 7) is -0.748. The number of hydrogen-bond donors (Lipinski definition) is 20. The van der Waals surface area contributed by atoms with Crippen LogP contribution < -0.4 is 53.2 Å². The Morgan fingerprint density at radius 2 is 0.794 bits per heavy atom. The van der Waals surface area contributed by atoms with Crippen molar-refractivity contribution in [1.29, 1.82) is 0 Å². The van der Waals surface area contributed by atoms with Crippen molar-refractivity contribution in [3.05, 3.63) is 41.7 Å². The van der Waals surface area contributed by atoms with Crippen LogP contribution in [0.1, 0.15) is 157 Å². The summed E-state index contributed by atoms with van der Waals surface area (Å²) in [5, 5.41) is 126. The third kappa shape index (κ3) is 35.1. The molecule has 0 saturated carbocycles. The number of nitrogens with zero attached hydrogens (tertiary/aromatic N) is 3. The van der Waals surface area contributed by atoms with E-state index in [1.807, 2.05) is 10.6 Å². The molecule has 1 heterocycles. The average Bonchev–Trinajstić information content (AvgIpc) is 1.83. The number of aliphatic carboxylic acids is 8. The van der Waals surface area contributed by atoms with Gasteiger partial charge in [-0.25, -0.2) is 43.0 Å². The summed E-state index contributed by atoms with van der Waals surface area (Å²) in [5.74, 6) is -14.2. The maximum Gasteiger partial charge on any atom is 0.326 e. The second-order valence-electron chi connectivity index (χ2n) is 22.4. The predicted molar refractivity (Wildman–Crippen MR) is 329 cm³/mol. The monoisotopic (exact) mass is 1380 g/mol. The number of carbonyl (C=O) groups is 15. The number of alkyl halides is 1. The Hall–Kier alpha value is -10.3. The highest BCUT2D eigenvalue weighted by atomic mass is 19.1. The van der Waals surface area contributed by atoms with Gasteiger partial charge in [-0.1, -0.05) is 5.21 Å². The predicted octanol–water partition coefficient (Wildman–Crippen LogP) is -0.725. The zero-order chi connectivity index (χ0) is 72.6. The third-order valence-electron chi connectivity index (χ3n) is 14.8. The molecule has 2 rings (SSSR count). The summed E-state index contributed by atoms with van der Waals surface area (Å²) >= 11 is 0. The molecule has 0 fully saturated rings. The van der Waals surface area contributed by atoms with E-state index in [1.54, 1.807) is 6.20 Å². The molecule has 38 nitrogen and oxygen atoms in total. The van der Waals surface area contributed by atoms with Gasteiger partial charge in [0.1, 0.15) is 30.2 Å². The molecule has 20 N–H and O–H groups in total. The minimum Gasteiger partial charge on any atom is -0.481 e. The molecule has 10 amide bonds. The van der Waals surface area contributed by atoms with Crippen molar-refractivity contribution in [1.82, 2.24) is 68.2 Å². The zero-order valence-corrected chi connectivity index (χ0v) is 52.8. The lowest BCUT2D eigenvalue weighted by molar-refractivity contribution is -0.142. The second-order valence-corrected chi connectivity index (χ2v) is 22.4. The van der Waals surface area contributed by atoms with Crippen LogP contribution in [0.4, 0.5) is 18.8 Å². The molecule has 0 aliphatic heterocycles. The number of aliphatic hydroxyl groups is 2. The highest BCUT2D eigenvalue weighted by Gasteiger charge is 2.35. The molecule has 0 aliphatic rings. The molecule has 0 aliphatic carbocycles. The first-order valence-corrected chi connectivity index (χ1v) is 30.9. The van der Waals surface area contributed by atoms with Crippen molar-refractivity contribution < 1.29 is 127 Å². The average molecular weight is 1380 g/mol. The van der Waals surface area contributed by atoms with Gasteiger partial charge in [-0.2, -0.15) is 0 Å². The Bertz CT molecular complexity index is 2890. The molecule has 0 radical (unpaired) electrons. The lowest BCUT2D eigenvalue weighted by Crippen LogP contribution is -2.52. The summed E-state index contributed by atoms with van der Waals surface area (Å²) in [7, 11) is 0. The van der Waals surface area contributed by atoms with Crippen LogP contribution in [0.2, 0.25) is 0 Å². The van der Waals surface area contributed by atoms with Crippen LogP contribution >= 0.6 is 0 Å². The van der Waals surface area contributed by atoms with E-state index in [2.05, 4.69) is 52.8 Å². The lowest BCUT2D eigenvalue weighted by atomic mass is 9.82. The van der Waals surface area contributed by atoms with Gasteiger partial charge in [0, 0.05) is 69.3 Å². The first kappa shape index (κ1) is 82.8. The first-order chi connectivity index (χ1) is 45.8. The van der Waals surface area contributed by atoms with Crippen LogP contribution in [0.5, 0.6) is 0 Å². The molecule has 7 atom stereocenters. The number of rotatable bonds is 51. The Morgan fingerprint density at radius 3 is 1.13 bits per heavy atom. The molecule has 0 spiro atoms. The molecule has 0 bridgehead atoms. The van der Waals surface area contributed by atoms with E-state index in [1.165, 1.54) is 28.9 Å². The standard InChI is InChI=1S/C58H86FN13O25/c59-28-7-8-34-32-72(71-70-34)35-14-12-33(13-15-35)48(82)69-58(25-22-42(73)60-29-4-1-9-36(49(83)84)63-55(95)66-39(52(89)90)16-19-45(76)77,26-23-43(74)61-30-5-2-10-37(50(85)86)64-56(96)67-40(53(91)92)17-20-46(78)79)27-24-44(75)62-31-6-3-11-38(51(87)88)65-57(97)68-41(54(93)94)18-21-47(80)81/h12-15,32,36-41,49,83-84H,1-11,16-31H2,(H,60,73)(H,61,74)(H,62,75)(H,69,82)(H,76,77)(H,78,79)(H,80,81)(H,85,86)(H,87,88)(H,89,90)(H,91,92)(H,93,94)(H2,63,66,95)(H2,64,67,96)(H2,65,68,97)/t36-,37-,38?,39-,40-,41?,58?/m0/s1. The Labute approximate surface area is 553 Å². The van der Waals surface area contributed by atoms with Crippen LogP contribution in [-0.2, 0) is 59.2 Å². The molecule has 3 unspecified atom stereocenters. The number of aromatic nitrogens is 3. The highest BCUT2D eigenvalue weighted by Crippen LogP contribution is 2.27. The van der Waals surface area contributed by atoms with Crippen LogP contribution in [-0.4, -0.2) is 230 Å². The van der Waals surface area contributed by atoms with Gasteiger partial charge in [-0.15, -0.1) is 5.10 Å². The van der Waals surface area contributed by atoms with E-state index >= 15 is 0 Å². The number of benzene rings is 1. The zero-order valence-electron chi connectivity index (χ0n) is 52.8. The smallest absolute Gasteiger partial charge is 0.326 e. The number of aryl methyl sites for hydroxylation is 1.